The van der Waals surface area contributed by atoms with Crippen LogP contribution in [0.1, 0.15) is 33.1 Å². The van der Waals surface area contributed by atoms with Crippen LogP contribution < -0.4 is 5.73 Å². The molecule has 0 aromatic carbocycles. The zero-order chi connectivity index (χ0) is 10.8. The number of esters is 1. The van der Waals surface area contributed by atoms with Crippen LogP contribution >= 0.6 is 0 Å². The van der Waals surface area contributed by atoms with Gasteiger partial charge >= 0.3 is 5.97 Å². The fourth-order valence-electron chi connectivity index (χ4n) is 0.878. The Balaban J connectivity index is 3.27. The molecule has 0 aromatic rings. The van der Waals surface area contributed by atoms with E-state index in [9.17, 15) is 4.79 Å². The minimum atomic E-state index is -0.237. The second kappa shape index (κ2) is 8.97. The van der Waals surface area contributed by atoms with E-state index in [0.717, 1.165) is 12.8 Å². The maximum absolute atomic E-state index is 11.1. The van der Waals surface area contributed by atoms with Gasteiger partial charge in [0.25, 0.3) is 0 Å². The first kappa shape index (κ1) is 13.4. The molecule has 14 heavy (non-hydrogen) atoms. The van der Waals surface area contributed by atoms with Crippen LogP contribution in [0.25, 0.3) is 0 Å². The first-order valence-electron chi connectivity index (χ1n) is 5.19. The average Bonchev–Trinajstić information content (AvgIpc) is 2.17. The Bertz CT molecular complexity index is 150. The zero-order valence-corrected chi connectivity index (χ0v) is 9.12. The Kier molecular flexibility index (Phi) is 8.57. The third kappa shape index (κ3) is 8.01. The third-order valence-corrected chi connectivity index (χ3v) is 1.79. The zero-order valence-electron chi connectivity index (χ0n) is 9.12. The van der Waals surface area contributed by atoms with Crippen molar-refractivity contribution in [2.24, 2.45) is 5.73 Å². The number of carbonyl (C=O) groups excluding carboxylic acids is 1. The van der Waals surface area contributed by atoms with Crippen molar-refractivity contribution in [2.75, 3.05) is 19.8 Å². The predicted octanol–water partition coefficient (Wildman–Crippen LogP) is 1.08. The van der Waals surface area contributed by atoms with Gasteiger partial charge in [-0.15, -0.1) is 0 Å². The van der Waals surface area contributed by atoms with Crippen LogP contribution in [0.4, 0.5) is 0 Å². The molecular formula is C10H21NO3. The van der Waals surface area contributed by atoms with Gasteiger partial charge in [-0.3, -0.25) is 4.79 Å². The molecule has 0 amide bonds. The predicted molar refractivity (Wildman–Crippen MR) is 55.0 cm³/mol. The van der Waals surface area contributed by atoms with Crippen molar-refractivity contribution in [3.8, 4) is 0 Å². The van der Waals surface area contributed by atoms with E-state index in [-0.39, 0.29) is 12.0 Å². The molecule has 0 aliphatic rings. The fraction of sp³-hybridized carbons (Fsp3) is 0.900. The number of hydrogen-bond donors (Lipinski definition) is 1. The standard InChI is InChI=1S/C10H21NO3/c1-3-5-13-6-7-14-10(12)8-9(11)4-2/h9H,3-8,11H2,1-2H3. The summed E-state index contributed by atoms with van der Waals surface area (Å²) in [6.45, 7) is 5.50. The summed E-state index contributed by atoms with van der Waals surface area (Å²) in [6.07, 6.45) is 2.07. The molecular weight excluding hydrogens is 182 g/mol. The lowest BCUT2D eigenvalue weighted by Crippen LogP contribution is -2.24. The van der Waals surface area contributed by atoms with Crippen LogP contribution in [-0.4, -0.2) is 31.8 Å². The van der Waals surface area contributed by atoms with Crippen molar-refractivity contribution in [3.05, 3.63) is 0 Å². The second-order valence-electron chi connectivity index (χ2n) is 3.21. The SMILES string of the molecule is CCCOCCOC(=O)CC(N)CC. The molecule has 0 heterocycles. The van der Waals surface area contributed by atoms with E-state index in [1.807, 2.05) is 13.8 Å². The Hall–Kier alpha value is -0.610. The second-order valence-corrected chi connectivity index (χ2v) is 3.21. The first-order valence-corrected chi connectivity index (χ1v) is 5.19. The van der Waals surface area contributed by atoms with E-state index in [0.29, 0.717) is 26.2 Å². The third-order valence-electron chi connectivity index (χ3n) is 1.79. The molecule has 0 radical (unpaired) electrons. The highest BCUT2D eigenvalue weighted by Crippen LogP contribution is 1.95. The molecule has 4 nitrogen and oxygen atoms in total. The van der Waals surface area contributed by atoms with Gasteiger partial charge in [-0.25, -0.2) is 0 Å². The molecule has 0 spiro atoms. The molecule has 0 aliphatic carbocycles. The van der Waals surface area contributed by atoms with Gasteiger partial charge in [-0.05, 0) is 12.8 Å². The van der Waals surface area contributed by atoms with E-state index < -0.39 is 0 Å². The highest BCUT2D eigenvalue weighted by Gasteiger charge is 2.07. The van der Waals surface area contributed by atoms with Crippen molar-refractivity contribution in [1.29, 1.82) is 0 Å². The summed E-state index contributed by atoms with van der Waals surface area (Å²) in [5.74, 6) is -0.237. The van der Waals surface area contributed by atoms with Gasteiger partial charge in [0.2, 0.25) is 0 Å². The topological polar surface area (TPSA) is 61.5 Å². The Labute approximate surface area is 85.8 Å². The van der Waals surface area contributed by atoms with Crippen molar-refractivity contribution in [1.82, 2.24) is 0 Å². The molecule has 4 heteroatoms. The number of carbonyl (C=O) groups is 1. The molecule has 0 bridgehead atoms. The molecule has 1 unspecified atom stereocenters. The van der Waals surface area contributed by atoms with Crippen LogP contribution in [-0.2, 0) is 14.3 Å². The molecule has 84 valence electrons. The molecule has 0 saturated heterocycles. The Morgan fingerprint density at radius 2 is 2.00 bits per heavy atom. The average molecular weight is 203 g/mol. The van der Waals surface area contributed by atoms with Crippen LogP contribution in [0.2, 0.25) is 0 Å². The molecule has 0 fully saturated rings. The van der Waals surface area contributed by atoms with E-state index >= 15 is 0 Å². The quantitative estimate of drug-likeness (QED) is 0.473. The van der Waals surface area contributed by atoms with Crippen LogP contribution in [0.15, 0.2) is 0 Å². The summed E-state index contributed by atoms with van der Waals surface area (Å²) in [5, 5.41) is 0. The lowest BCUT2D eigenvalue weighted by Gasteiger charge is -2.08. The number of hydrogen-bond acceptors (Lipinski definition) is 4. The van der Waals surface area contributed by atoms with Gasteiger partial charge in [0.15, 0.2) is 0 Å². The monoisotopic (exact) mass is 203 g/mol. The first-order chi connectivity index (χ1) is 6.70. The summed E-state index contributed by atoms with van der Waals surface area (Å²) >= 11 is 0. The summed E-state index contributed by atoms with van der Waals surface area (Å²) in [5.41, 5.74) is 5.59. The van der Waals surface area contributed by atoms with Gasteiger partial charge in [-0.1, -0.05) is 13.8 Å². The maximum Gasteiger partial charge on any atom is 0.307 e. The normalized spacial score (nSPS) is 12.5. The summed E-state index contributed by atoms with van der Waals surface area (Å²) in [6, 6.07) is -0.0842. The molecule has 0 rings (SSSR count). The highest BCUT2D eigenvalue weighted by atomic mass is 16.6. The summed E-state index contributed by atoms with van der Waals surface area (Å²) in [7, 11) is 0. The van der Waals surface area contributed by atoms with E-state index in [2.05, 4.69) is 0 Å². The Morgan fingerprint density at radius 1 is 1.29 bits per heavy atom. The van der Waals surface area contributed by atoms with Gasteiger partial charge in [-0.2, -0.15) is 0 Å². The fourth-order valence-corrected chi connectivity index (χ4v) is 0.878. The van der Waals surface area contributed by atoms with Crippen LogP contribution in [0.5, 0.6) is 0 Å². The minimum Gasteiger partial charge on any atom is -0.463 e. The number of rotatable bonds is 8. The molecule has 1 atom stereocenters. The van der Waals surface area contributed by atoms with Gasteiger partial charge in [0, 0.05) is 12.6 Å². The van der Waals surface area contributed by atoms with Crippen molar-refractivity contribution in [2.45, 2.75) is 39.2 Å². The van der Waals surface area contributed by atoms with Gasteiger partial charge < -0.3 is 15.2 Å². The smallest absolute Gasteiger partial charge is 0.307 e. The van der Waals surface area contributed by atoms with Crippen molar-refractivity contribution < 1.29 is 14.3 Å². The lowest BCUT2D eigenvalue weighted by molar-refractivity contribution is -0.145. The highest BCUT2D eigenvalue weighted by molar-refractivity contribution is 5.70. The van der Waals surface area contributed by atoms with Gasteiger partial charge in [0.05, 0.1) is 13.0 Å². The largest absolute Gasteiger partial charge is 0.463 e. The number of ether oxygens (including phenoxy) is 2. The van der Waals surface area contributed by atoms with Crippen molar-refractivity contribution in [3.63, 3.8) is 0 Å². The lowest BCUT2D eigenvalue weighted by atomic mass is 10.2. The number of nitrogens with two attached hydrogens (primary N) is 1. The van der Waals surface area contributed by atoms with E-state index in [1.165, 1.54) is 0 Å². The van der Waals surface area contributed by atoms with E-state index in [1.54, 1.807) is 0 Å². The van der Waals surface area contributed by atoms with Crippen LogP contribution in [0, 0.1) is 0 Å². The van der Waals surface area contributed by atoms with Crippen LogP contribution in [0.3, 0.4) is 0 Å². The van der Waals surface area contributed by atoms with Gasteiger partial charge in [0.1, 0.15) is 6.61 Å². The Morgan fingerprint density at radius 3 is 2.57 bits per heavy atom. The molecule has 2 N–H and O–H groups in total. The molecule has 0 aromatic heterocycles. The summed E-state index contributed by atoms with van der Waals surface area (Å²) < 4.78 is 10.1. The van der Waals surface area contributed by atoms with Crippen molar-refractivity contribution >= 4 is 5.97 Å². The maximum atomic E-state index is 11.1. The minimum absolute atomic E-state index is 0.0842. The van der Waals surface area contributed by atoms with E-state index in [4.69, 9.17) is 15.2 Å². The molecule has 0 aliphatic heterocycles. The summed E-state index contributed by atoms with van der Waals surface area (Å²) in [4.78, 5) is 11.1. The molecule has 0 saturated carbocycles.